The van der Waals surface area contributed by atoms with Gasteiger partial charge in [-0.25, -0.2) is 0 Å². The first-order valence-electron chi connectivity index (χ1n) is 6.82. The summed E-state index contributed by atoms with van der Waals surface area (Å²) in [5, 5.41) is 3.51. The molecule has 1 aromatic rings. The van der Waals surface area contributed by atoms with Crippen LogP contribution >= 0.6 is 0 Å². The number of nitrogens with zero attached hydrogens (tertiary/aromatic N) is 1. The summed E-state index contributed by atoms with van der Waals surface area (Å²) in [7, 11) is 2.20. The summed E-state index contributed by atoms with van der Waals surface area (Å²) in [5.41, 5.74) is 3.09. The largest absolute Gasteiger partial charge is 0.316 e. The molecule has 1 N–H and O–H groups in total. The molecule has 1 unspecified atom stereocenters. The molecule has 2 heterocycles. The van der Waals surface area contributed by atoms with Crippen LogP contribution in [0.2, 0.25) is 0 Å². The van der Waals surface area contributed by atoms with Crippen LogP contribution in [0.3, 0.4) is 0 Å². The van der Waals surface area contributed by atoms with E-state index in [4.69, 9.17) is 0 Å². The average Bonchev–Trinajstić information content (AvgIpc) is 2.36. The van der Waals surface area contributed by atoms with Gasteiger partial charge < -0.3 is 10.2 Å². The predicted octanol–water partition coefficient (Wildman–Crippen LogP) is 2.18. The molecule has 2 heteroatoms. The van der Waals surface area contributed by atoms with Crippen molar-refractivity contribution in [3.63, 3.8) is 0 Å². The van der Waals surface area contributed by atoms with Crippen molar-refractivity contribution in [1.82, 2.24) is 10.2 Å². The molecule has 0 aromatic heterocycles. The lowest BCUT2D eigenvalue weighted by Gasteiger charge is -2.37. The van der Waals surface area contributed by atoms with Crippen LogP contribution in [0.15, 0.2) is 24.3 Å². The zero-order valence-electron chi connectivity index (χ0n) is 10.7. The van der Waals surface area contributed by atoms with Gasteiger partial charge in [-0.05, 0) is 43.5 Å². The Morgan fingerprint density at radius 3 is 2.59 bits per heavy atom. The molecule has 1 atom stereocenters. The summed E-state index contributed by atoms with van der Waals surface area (Å²) in [6, 6.07) is 9.31. The SMILES string of the molecule is CN1CC(c2cccc(C3CCCNC3)c2)C1. The van der Waals surface area contributed by atoms with Gasteiger partial charge in [-0.15, -0.1) is 0 Å². The number of rotatable bonds is 2. The number of hydrogen-bond acceptors (Lipinski definition) is 2. The molecule has 1 aromatic carbocycles. The van der Waals surface area contributed by atoms with Crippen LogP contribution in [0.25, 0.3) is 0 Å². The monoisotopic (exact) mass is 230 g/mol. The molecule has 0 bridgehead atoms. The highest BCUT2D eigenvalue weighted by molar-refractivity contribution is 5.31. The van der Waals surface area contributed by atoms with E-state index in [-0.39, 0.29) is 0 Å². The summed E-state index contributed by atoms with van der Waals surface area (Å²) < 4.78 is 0. The van der Waals surface area contributed by atoms with Crippen LogP contribution in [-0.4, -0.2) is 38.1 Å². The van der Waals surface area contributed by atoms with E-state index < -0.39 is 0 Å². The van der Waals surface area contributed by atoms with E-state index >= 15 is 0 Å². The van der Waals surface area contributed by atoms with Crippen LogP contribution in [0.5, 0.6) is 0 Å². The van der Waals surface area contributed by atoms with Gasteiger partial charge in [-0.3, -0.25) is 0 Å². The second kappa shape index (κ2) is 4.79. The molecule has 2 aliphatic rings. The van der Waals surface area contributed by atoms with Crippen molar-refractivity contribution in [3.8, 4) is 0 Å². The quantitative estimate of drug-likeness (QED) is 0.838. The minimum absolute atomic E-state index is 0.738. The van der Waals surface area contributed by atoms with Crippen LogP contribution in [0.4, 0.5) is 0 Å². The molecule has 0 amide bonds. The number of likely N-dealkylation sites (tertiary alicyclic amines) is 1. The Balaban J connectivity index is 1.74. The second-order valence-corrected chi connectivity index (χ2v) is 5.63. The molecule has 2 aliphatic heterocycles. The molecule has 92 valence electrons. The molecule has 2 fully saturated rings. The Morgan fingerprint density at radius 1 is 1.18 bits per heavy atom. The Bertz CT molecular complexity index is 376. The highest BCUT2D eigenvalue weighted by Crippen LogP contribution is 2.29. The van der Waals surface area contributed by atoms with E-state index in [1.807, 2.05) is 0 Å². The molecule has 2 nitrogen and oxygen atoms in total. The summed E-state index contributed by atoms with van der Waals surface area (Å²) >= 11 is 0. The third-order valence-electron chi connectivity index (χ3n) is 4.21. The number of hydrogen-bond donors (Lipinski definition) is 1. The van der Waals surface area contributed by atoms with Crippen LogP contribution in [0.1, 0.15) is 35.8 Å². The van der Waals surface area contributed by atoms with Gasteiger partial charge in [0.25, 0.3) is 0 Å². The minimum Gasteiger partial charge on any atom is -0.316 e. The summed E-state index contributed by atoms with van der Waals surface area (Å²) in [5.74, 6) is 1.51. The maximum atomic E-state index is 3.51. The van der Waals surface area contributed by atoms with E-state index in [9.17, 15) is 0 Å². The lowest BCUT2D eigenvalue weighted by atomic mass is 9.86. The molecule has 0 aliphatic carbocycles. The number of nitrogens with one attached hydrogen (secondary N) is 1. The molecule has 0 radical (unpaired) electrons. The molecular formula is C15H22N2. The highest BCUT2D eigenvalue weighted by Gasteiger charge is 2.25. The molecule has 0 spiro atoms. The maximum Gasteiger partial charge on any atom is 0.00934 e. The van der Waals surface area contributed by atoms with E-state index in [1.54, 1.807) is 11.1 Å². The minimum atomic E-state index is 0.738. The third-order valence-corrected chi connectivity index (χ3v) is 4.21. The van der Waals surface area contributed by atoms with E-state index in [1.165, 1.54) is 32.5 Å². The van der Waals surface area contributed by atoms with Crippen LogP contribution in [-0.2, 0) is 0 Å². The first kappa shape index (κ1) is 11.2. The molecule has 17 heavy (non-hydrogen) atoms. The predicted molar refractivity (Wildman–Crippen MR) is 71.5 cm³/mol. The van der Waals surface area contributed by atoms with E-state index in [0.717, 1.165) is 18.4 Å². The van der Waals surface area contributed by atoms with Crippen molar-refractivity contribution < 1.29 is 0 Å². The van der Waals surface area contributed by atoms with Crippen LogP contribution in [0, 0.1) is 0 Å². The average molecular weight is 230 g/mol. The second-order valence-electron chi connectivity index (χ2n) is 5.63. The van der Waals surface area contributed by atoms with Gasteiger partial charge in [0.1, 0.15) is 0 Å². The first-order chi connectivity index (χ1) is 8.33. The molecule has 3 rings (SSSR count). The van der Waals surface area contributed by atoms with Gasteiger partial charge in [0.05, 0.1) is 0 Å². The number of benzene rings is 1. The lowest BCUT2D eigenvalue weighted by molar-refractivity contribution is 0.189. The zero-order chi connectivity index (χ0) is 11.7. The first-order valence-corrected chi connectivity index (χ1v) is 6.82. The Kier molecular flexibility index (Phi) is 3.17. The Morgan fingerprint density at radius 2 is 1.94 bits per heavy atom. The Hall–Kier alpha value is -0.860. The smallest absolute Gasteiger partial charge is 0.00934 e. The summed E-state index contributed by atoms with van der Waals surface area (Å²) in [6.07, 6.45) is 2.67. The Labute approximate surface area is 104 Å². The standard InChI is InChI=1S/C15H22N2/c1-17-10-15(11-17)13-5-2-4-12(8-13)14-6-3-7-16-9-14/h2,4-5,8,14-16H,3,6-7,9-11H2,1H3. The van der Waals surface area contributed by atoms with E-state index in [0.29, 0.717) is 0 Å². The van der Waals surface area contributed by atoms with Crippen molar-refractivity contribution >= 4 is 0 Å². The molecule has 0 saturated carbocycles. The van der Waals surface area contributed by atoms with Crippen molar-refractivity contribution in [1.29, 1.82) is 0 Å². The summed E-state index contributed by atoms with van der Waals surface area (Å²) in [4.78, 5) is 2.39. The normalized spacial score (nSPS) is 26.8. The van der Waals surface area contributed by atoms with E-state index in [2.05, 4.69) is 41.5 Å². The van der Waals surface area contributed by atoms with Crippen molar-refractivity contribution in [2.45, 2.75) is 24.7 Å². The zero-order valence-corrected chi connectivity index (χ0v) is 10.7. The fourth-order valence-corrected chi connectivity index (χ4v) is 3.11. The topological polar surface area (TPSA) is 15.3 Å². The van der Waals surface area contributed by atoms with Crippen molar-refractivity contribution in [3.05, 3.63) is 35.4 Å². The third kappa shape index (κ3) is 2.38. The maximum absolute atomic E-state index is 3.51. The van der Waals surface area contributed by atoms with Crippen molar-refractivity contribution in [2.75, 3.05) is 33.2 Å². The van der Waals surface area contributed by atoms with Gasteiger partial charge in [-0.2, -0.15) is 0 Å². The van der Waals surface area contributed by atoms with Gasteiger partial charge in [0.2, 0.25) is 0 Å². The molecular weight excluding hydrogens is 208 g/mol. The van der Waals surface area contributed by atoms with Gasteiger partial charge in [-0.1, -0.05) is 24.3 Å². The fraction of sp³-hybridized carbons (Fsp3) is 0.600. The van der Waals surface area contributed by atoms with Gasteiger partial charge in [0.15, 0.2) is 0 Å². The number of likely N-dealkylation sites (N-methyl/N-ethyl adjacent to an activating group) is 1. The van der Waals surface area contributed by atoms with Gasteiger partial charge in [0, 0.05) is 25.6 Å². The number of piperidine rings is 1. The fourth-order valence-electron chi connectivity index (χ4n) is 3.11. The lowest BCUT2D eigenvalue weighted by Crippen LogP contribution is -2.41. The molecule has 2 saturated heterocycles. The van der Waals surface area contributed by atoms with Crippen molar-refractivity contribution in [2.24, 2.45) is 0 Å². The van der Waals surface area contributed by atoms with Crippen LogP contribution < -0.4 is 5.32 Å². The summed E-state index contributed by atoms with van der Waals surface area (Å²) in [6.45, 7) is 4.82. The highest BCUT2D eigenvalue weighted by atomic mass is 15.2. The van der Waals surface area contributed by atoms with Gasteiger partial charge >= 0.3 is 0 Å².